The van der Waals surface area contributed by atoms with E-state index in [0.717, 1.165) is 16.0 Å². The van der Waals surface area contributed by atoms with E-state index < -0.39 is 0 Å². The number of thioether (sulfide) groups is 1. The summed E-state index contributed by atoms with van der Waals surface area (Å²) in [6, 6.07) is 24.8. The third kappa shape index (κ3) is 3.89. The van der Waals surface area contributed by atoms with Crippen LogP contribution in [0.5, 0.6) is 5.75 Å². The minimum absolute atomic E-state index is 0.232. The van der Waals surface area contributed by atoms with E-state index in [1.165, 1.54) is 16.7 Å². The predicted molar refractivity (Wildman–Crippen MR) is 119 cm³/mol. The first kappa shape index (κ1) is 20.0. The lowest BCUT2D eigenvalue weighted by Gasteiger charge is -2.16. The Morgan fingerprint density at radius 3 is 2.20 bits per heavy atom. The number of carbonyl (C=O) groups excluding carboxylic acids is 2. The number of nitrogens with zero attached hydrogens (tertiary/aromatic N) is 1. The number of carbonyl (C=O) groups is 2. The molecule has 30 heavy (non-hydrogen) atoms. The number of benzene rings is 3. The third-order valence-electron chi connectivity index (χ3n) is 4.93. The summed E-state index contributed by atoms with van der Waals surface area (Å²) in [6.07, 6.45) is 0. The van der Waals surface area contributed by atoms with Crippen LogP contribution in [0.2, 0.25) is 0 Å². The number of imide groups is 1. The number of hydrogen-bond donors (Lipinski definition) is 0. The molecular weight excluding hydrogens is 394 g/mol. The van der Waals surface area contributed by atoms with Crippen LogP contribution in [0.1, 0.15) is 16.7 Å². The van der Waals surface area contributed by atoms with Crippen molar-refractivity contribution in [2.45, 2.75) is 18.4 Å². The van der Waals surface area contributed by atoms with Crippen LogP contribution in [0.25, 0.3) is 5.57 Å². The van der Waals surface area contributed by atoms with Crippen molar-refractivity contribution in [3.05, 3.63) is 100 Å². The number of amides is 2. The average Bonchev–Trinajstić information content (AvgIpc) is 3.00. The van der Waals surface area contributed by atoms with Crippen molar-refractivity contribution in [1.82, 2.24) is 4.90 Å². The van der Waals surface area contributed by atoms with E-state index in [0.29, 0.717) is 21.8 Å². The first-order chi connectivity index (χ1) is 14.6. The Kier molecular flexibility index (Phi) is 5.72. The van der Waals surface area contributed by atoms with Crippen molar-refractivity contribution in [2.75, 3.05) is 7.11 Å². The Morgan fingerprint density at radius 2 is 1.50 bits per heavy atom. The molecule has 0 fully saturated rings. The molecule has 0 radical (unpaired) electrons. The van der Waals surface area contributed by atoms with E-state index in [4.69, 9.17) is 4.74 Å². The van der Waals surface area contributed by atoms with Crippen molar-refractivity contribution in [2.24, 2.45) is 0 Å². The third-order valence-corrected chi connectivity index (χ3v) is 6.02. The van der Waals surface area contributed by atoms with Gasteiger partial charge >= 0.3 is 0 Å². The molecule has 0 aliphatic carbocycles. The van der Waals surface area contributed by atoms with Gasteiger partial charge in [-0.2, -0.15) is 0 Å². The van der Waals surface area contributed by atoms with Gasteiger partial charge in [0.25, 0.3) is 11.8 Å². The van der Waals surface area contributed by atoms with Gasteiger partial charge in [0.05, 0.1) is 24.1 Å². The van der Waals surface area contributed by atoms with Crippen molar-refractivity contribution in [3.63, 3.8) is 0 Å². The highest BCUT2D eigenvalue weighted by Gasteiger charge is 2.40. The summed E-state index contributed by atoms with van der Waals surface area (Å²) in [4.78, 5) is 29.4. The van der Waals surface area contributed by atoms with Gasteiger partial charge in [-0.3, -0.25) is 14.5 Å². The molecule has 0 unspecified atom stereocenters. The highest BCUT2D eigenvalue weighted by molar-refractivity contribution is 8.04. The van der Waals surface area contributed by atoms with Gasteiger partial charge in [-0.25, -0.2) is 0 Å². The zero-order valence-electron chi connectivity index (χ0n) is 16.8. The number of para-hydroxylation sites is 1. The summed E-state index contributed by atoms with van der Waals surface area (Å²) in [7, 11) is 1.56. The van der Waals surface area contributed by atoms with Gasteiger partial charge in [-0.15, -0.1) is 0 Å². The van der Waals surface area contributed by atoms with Gasteiger partial charge < -0.3 is 4.74 Å². The second-order valence-electron chi connectivity index (χ2n) is 7.00. The van der Waals surface area contributed by atoms with Gasteiger partial charge in [0.15, 0.2) is 0 Å². The molecule has 0 aromatic heterocycles. The lowest BCUT2D eigenvalue weighted by molar-refractivity contribution is -0.137. The molecule has 0 atom stereocenters. The molecule has 2 amide bonds. The fourth-order valence-electron chi connectivity index (χ4n) is 3.36. The van der Waals surface area contributed by atoms with Crippen LogP contribution >= 0.6 is 11.8 Å². The summed E-state index contributed by atoms with van der Waals surface area (Å²) >= 11 is 1.31. The number of ether oxygens (including phenoxy) is 1. The lowest BCUT2D eigenvalue weighted by Crippen LogP contribution is -2.30. The molecule has 0 N–H and O–H groups in total. The van der Waals surface area contributed by atoms with E-state index in [1.807, 2.05) is 79.7 Å². The van der Waals surface area contributed by atoms with Crippen LogP contribution in [-0.2, 0) is 16.1 Å². The van der Waals surface area contributed by atoms with Crippen molar-refractivity contribution in [1.29, 1.82) is 0 Å². The minimum atomic E-state index is -0.302. The molecule has 0 saturated heterocycles. The van der Waals surface area contributed by atoms with Gasteiger partial charge in [0, 0.05) is 10.5 Å². The molecule has 4 rings (SSSR count). The predicted octanol–water partition coefficient (Wildman–Crippen LogP) is 5.08. The van der Waals surface area contributed by atoms with Gasteiger partial charge in [0.1, 0.15) is 5.75 Å². The summed E-state index contributed by atoms with van der Waals surface area (Å²) in [5.74, 6) is -0.0177. The SMILES string of the molecule is COc1ccccc1C1=C(Sc2ccccc2)C(=O)N(Cc2ccc(C)cc2)C1=O. The Hall–Kier alpha value is -3.31. The highest BCUT2D eigenvalue weighted by Crippen LogP contribution is 2.42. The monoisotopic (exact) mass is 415 g/mol. The first-order valence-electron chi connectivity index (χ1n) is 9.61. The summed E-state index contributed by atoms with van der Waals surface area (Å²) < 4.78 is 5.48. The Bertz CT molecular complexity index is 1120. The van der Waals surface area contributed by atoms with Crippen molar-refractivity contribution in [3.8, 4) is 5.75 Å². The van der Waals surface area contributed by atoms with Gasteiger partial charge in [0.2, 0.25) is 0 Å². The molecule has 0 spiro atoms. The molecular formula is C25H21NO3S. The van der Waals surface area contributed by atoms with Crippen molar-refractivity contribution < 1.29 is 14.3 Å². The fourth-order valence-corrected chi connectivity index (χ4v) is 4.39. The Morgan fingerprint density at radius 1 is 0.833 bits per heavy atom. The van der Waals surface area contributed by atoms with Crippen LogP contribution in [-0.4, -0.2) is 23.8 Å². The summed E-state index contributed by atoms with van der Waals surface area (Å²) in [5.41, 5.74) is 3.06. The molecule has 0 bridgehead atoms. The van der Waals surface area contributed by atoms with Crippen LogP contribution in [0.15, 0.2) is 88.7 Å². The van der Waals surface area contributed by atoms with E-state index in [2.05, 4.69) is 0 Å². The fraction of sp³-hybridized carbons (Fsp3) is 0.120. The van der Waals surface area contributed by atoms with E-state index in [-0.39, 0.29) is 18.4 Å². The van der Waals surface area contributed by atoms with E-state index >= 15 is 0 Å². The maximum atomic E-state index is 13.4. The number of rotatable bonds is 6. The maximum absolute atomic E-state index is 13.4. The van der Waals surface area contributed by atoms with Crippen LogP contribution in [0, 0.1) is 6.92 Å². The zero-order chi connectivity index (χ0) is 21.1. The number of methoxy groups -OCH3 is 1. The number of hydrogen-bond acceptors (Lipinski definition) is 4. The molecule has 0 saturated carbocycles. The normalized spacial score (nSPS) is 13.9. The summed E-state index contributed by atoms with van der Waals surface area (Å²) in [5, 5.41) is 0. The topological polar surface area (TPSA) is 46.6 Å². The molecule has 1 heterocycles. The molecule has 3 aromatic carbocycles. The lowest BCUT2D eigenvalue weighted by atomic mass is 10.0. The zero-order valence-corrected chi connectivity index (χ0v) is 17.6. The van der Waals surface area contributed by atoms with Crippen LogP contribution in [0.3, 0.4) is 0 Å². The molecule has 1 aliphatic heterocycles. The highest BCUT2D eigenvalue weighted by atomic mass is 32.2. The second kappa shape index (κ2) is 8.59. The number of aryl methyl sites for hydroxylation is 1. The maximum Gasteiger partial charge on any atom is 0.268 e. The average molecular weight is 416 g/mol. The van der Waals surface area contributed by atoms with E-state index in [1.54, 1.807) is 13.2 Å². The first-order valence-corrected chi connectivity index (χ1v) is 10.4. The summed E-state index contributed by atoms with van der Waals surface area (Å²) in [6.45, 7) is 2.24. The molecule has 5 heteroatoms. The van der Waals surface area contributed by atoms with Crippen LogP contribution < -0.4 is 4.74 Å². The molecule has 3 aromatic rings. The second-order valence-corrected chi connectivity index (χ2v) is 8.09. The van der Waals surface area contributed by atoms with E-state index in [9.17, 15) is 9.59 Å². The smallest absolute Gasteiger partial charge is 0.268 e. The van der Waals surface area contributed by atoms with Gasteiger partial charge in [-0.1, -0.05) is 78.0 Å². The standard InChI is InChI=1S/C25H21NO3S/c1-17-12-14-18(15-13-17)16-26-24(27)22(20-10-6-7-11-21(20)29-2)23(25(26)28)30-19-8-4-3-5-9-19/h3-15H,16H2,1-2H3. The van der Waals surface area contributed by atoms with Gasteiger partial charge in [-0.05, 0) is 30.7 Å². The largest absolute Gasteiger partial charge is 0.496 e. The van der Waals surface area contributed by atoms with Crippen molar-refractivity contribution >= 4 is 29.1 Å². The quantitative estimate of drug-likeness (QED) is 0.527. The Balaban J connectivity index is 1.77. The molecule has 1 aliphatic rings. The van der Waals surface area contributed by atoms with Crippen LogP contribution in [0.4, 0.5) is 0 Å². The minimum Gasteiger partial charge on any atom is -0.496 e. The molecule has 150 valence electrons. The Labute approximate surface area is 180 Å². The molecule has 4 nitrogen and oxygen atoms in total.